The number of fused-ring (bicyclic) bond motifs is 1. The van der Waals surface area contributed by atoms with Gasteiger partial charge >= 0.3 is 0 Å². The van der Waals surface area contributed by atoms with E-state index >= 15 is 0 Å². The van der Waals surface area contributed by atoms with E-state index in [1.807, 2.05) is 0 Å². The standard InChI is InChI=1S/C14H10N6O3S/c15-24(21,22)10-3-1-9(2-4-10)13-18-14(23-19-13)12-11-5-6-17-20(11)8-7-16-12/h1-8H,(H2,15,21,22). The Bertz CT molecular complexity index is 1130. The molecule has 0 spiro atoms. The second-order valence-corrected chi connectivity index (χ2v) is 6.49. The molecule has 120 valence electrons. The van der Waals surface area contributed by atoms with E-state index in [0.717, 1.165) is 5.52 Å². The number of sulfonamides is 1. The molecule has 0 bridgehead atoms. The zero-order chi connectivity index (χ0) is 16.7. The van der Waals surface area contributed by atoms with Crippen LogP contribution in [-0.2, 0) is 10.0 Å². The quantitative estimate of drug-likeness (QED) is 0.590. The fourth-order valence-corrected chi connectivity index (χ4v) is 2.77. The molecule has 3 aromatic heterocycles. The summed E-state index contributed by atoms with van der Waals surface area (Å²) >= 11 is 0. The monoisotopic (exact) mass is 342 g/mol. The van der Waals surface area contributed by atoms with Crippen LogP contribution < -0.4 is 5.14 Å². The first-order valence-electron chi connectivity index (χ1n) is 6.78. The minimum Gasteiger partial charge on any atom is -0.332 e. The summed E-state index contributed by atoms with van der Waals surface area (Å²) < 4.78 is 29.5. The maximum Gasteiger partial charge on any atom is 0.279 e. The van der Waals surface area contributed by atoms with Crippen LogP contribution in [0.4, 0.5) is 0 Å². The number of rotatable bonds is 3. The third kappa shape index (κ3) is 2.43. The van der Waals surface area contributed by atoms with Gasteiger partial charge in [-0.05, 0) is 30.3 Å². The number of hydrogen-bond acceptors (Lipinski definition) is 7. The molecular formula is C14H10N6O3S. The van der Waals surface area contributed by atoms with Gasteiger partial charge in [-0.15, -0.1) is 0 Å². The molecule has 0 aliphatic heterocycles. The van der Waals surface area contributed by atoms with Crippen molar-refractivity contribution in [3.8, 4) is 23.0 Å². The molecule has 0 saturated heterocycles. The van der Waals surface area contributed by atoms with E-state index in [1.54, 1.807) is 41.3 Å². The summed E-state index contributed by atoms with van der Waals surface area (Å²) in [6, 6.07) is 7.67. The van der Waals surface area contributed by atoms with Gasteiger partial charge in [0.05, 0.1) is 16.6 Å². The molecule has 4 rings (SSSR count). The second-order valence-electron chi connectivity index (χ2n) is 4.93. The summed E-state index contributed by atoms with van der Waals surface area (Å²) in [6.45, 7) is 0. The summed E-state index contributed by atoms with van der Waals surface area (Å²) in [7, 11) is -3.74. The highest BCUT2D eigenvalue weighted by Gasteiger charge is 2.16. The van der Waals surface area contributed by atoms with Crippen LogP contribution in [0.2, 0.25) is 0 Å². The van der Waals surface area contributed by atoms with Crippen molar-refractivity contribution in [1.82, 2.24) is 24.7 Å². The van der Waals surface area contributed by atoms with Crippen LogP contribution in [-0.4, -0.2) is 33.2 Å². The smallest absolute Gasteiger partial charge is 0.279 e. The molecule has 0 aliphatic rings. The van der Waals surface area contributed by atoms with Gasteiger partial charge in [0.2, 0.25) is 15.8 Å². The average molecular weight is 342 g/mol. The van der Waals surface area contributed by atoms with Gasteiger partial charge in [-0.3, -0.25) is 0 Å². The van der Waals surface area contributed by atoms with Crippen LogP contribution in [0.25, 0.3) is 28.5 Å². The van der Waals surface area contributed by atoms with Crippen molar-refractivity contribution < 1.29 is 12.9 Å². The van der Waals surface area contributed by atoms with Crippen molar-refractivity contribution in [2.24, 2.45) is 5.14 Å². The Balaban J connectivity index is 1.74. The Hall–Kier alpha value is -3.11. The molecular weight excluding hydrogens is 332 g/mol. The Morgan fingerprint density at radius 1 is 1.08 bits per heavy atom. The Kier molecular flexibility index (Phi) is 3.15. The summed E-state index contributed by atoms with van der Waals surface area (Å²) in [4.78, 5) is 8.57. The number of nitrogens with two attached hydrogens (primary N) is 1. The highest BCUT2D eigenvalue weighted by atomic mass is 32.2. The molecule has 9 nitrogen and oxygen atoms in total. The summed E-state index contributed by atoms with van der Waals surface area (Å²) in [5.74, 6) is 0.556. The van der Waals surface area contributed by atoms with Gasteiger partial charge in [0, 0.05) is 18.0 Å². The number of primary sulfonamides is 1. The third-order valence-electron chi connectivity index (χ3n) is 3.39. The van der Waals surface area contributed by atoms with Crippen LogP contribution in [0.15, 0.2) is 58.3 Å². The van der Waals surface area contributed by atoms with E-state index in [0.29, 0.717) is 17.1 Å². The van der Waals surface area contributed by atoms with Crippen molar-refractivity contribution in [3.05, 3.63) is 48.9 Å². The van der Waals surface area contributed by atoms with Gasteiger partial charge < -0.3 is 4.52 Å². The molecule has 0 radical (unpaired) electrons. The molecule has 4 aromatic rings. The van der Waals surface area contributed by atoms with E-state index in [-0.39, 0.29) is 10.8 Å². The second kappa shape index (κ2) is 5.22. The lowest BCUT2D eigenvalue weighted by Gasteiger charge is -1.98. The van der Waals surface area contributed by atoms with E-state index in [1.165, 1.54) is 12.1 Å². The Morgan fingerprint density at radius 3 is 2.62 bits per heavy atom. The molecule has 1 aromatic carbocycles. The molecule has 2 N–H and O–H groups in total. The van der Waals surface area contributed by atoms with Crippen LogP contribution in [0.5, 0.6) is 0 Å². The first-order chi connectivity index (χ1) is 11.5. The van der Waals surface area contributed by atoms with Crippen LogP contribution in [0.3, 0.4) is 0 Å². The molecule has 0 saturated carbocycles. The van der Waals surface area contributed by atoms with Crippen molar-refractivity contribution in [3.63, 3.8) is 0 Å². The lowest BCUT2D eigenvalue weighted by molar-refractivity contribution is 0.431. The van der Waals surface area contributed by atoms with Gasteiger partial charge in [0.25, 0.3) is 5.89 Å². The maximum absolute atomic E-state index is 11.3. The van der Waals surface area contributed by atoms with Gasteiger partial charge in [-0.1, -0.05) is 5.16 Å². The number of hydrogen-bond donors (Lipinski definition) is 1. The zero-order valence-corrected chi connectivity index (χ0v) is 12.9. The molecule has 0 aliphatic carbocycles. The van der Waals surface area contributed by atoms with Crippen molar-refractivity contribution in [2.75, 3.05) is 0 Å². The molecule has 0 amide bonds. The molecule has 0 atom stereocenters. The van der Waals surface area contributed by atoms with Gasteiger partial charge in [-0.2, -0.15) is 10.1 Å². The van der Waals surface area contributed by atoms with E-state index in [9.17, 15) is 8.42 Å². The lowest BCUT2D eigenvalue weighted by Crippen LogP contribution is -2.11. The molecule has 24 heavy (non-hydrogen) atoms. The van der Waals surface area contributed by atoms with E-state index < -0.39 is 10.0 Å². The number of benzene rings is 1. The highest BCUT2D eigenvalue weighted by molar-refractivity contribution is 7.89. The summed E-state index contributed by atoms with van der Waals surface area (Å²) in [5.41, 5.74) is 1.84. The lowest BCUT2D eigenvalue weighted by atomic mass is 10.2. The van der Waals surface area contributed by atoms with Gasteiger partial charge in [0.15, 0.2) is 5.69 Å². The van der Waals surface area contributed by atoms with Crippen molar-refractivity contribution in [2.45, 2.75) is 4.90 Å². The van der Waals surface area contributed by atoms with Crippen molar-refractivity contribution in [1.29, 1.82) is 0 Å². The Labute approximate surface area is 135 Å². The third-order valence-corrected chi connectivity index (χ3v) is 4.32. The maximum atomic E-state index is 11.3. The van der Waals surface area contributed by atoms with Gasteiger partial charge in [-0.25, -0.2) is 23.1 Å². The zero-order valence-electron chi connectivity index (χ0n) is 12.1. The van der Waals surface area contributed by atoms with Crippen LogP contribution >= 0.6 is 0 Å². The van der Waals surface area contributed by atoms with Gasteiger partial charge in [0.1, 0.15) is 0 Å². The largest absolute Gasteiger partial charge is 0.332 e. The molecule has 3 heterocycles. The fourth-order valence-electron chi connectivity index (χ4n) is 2.25. The highest BCUT2D eigenvalue weighted by Crippen LogP contribution is 2.24. The van der Waals surface area contributed by atoms with Crippen LogP contribution in [0.1, 0.15) is 0 Å². The van der Waals surface area contributed by atoms with E-state index in [4.69, 9.17) is 9.66 Å². The average Bonchev–Trinajstić information content (AvgIpc) is 3.23. The molecule has 0 fully saturated rings. The van der Waals surface area contributed by atoms with Crippen LogP contribution in [0, 0.1) is 0 Å². The topological polar surface area (TPSA) is 129 Å². The SMILES string of the molecule is NS(=O)(=O)c1ccc(-c2noc(-c3nccn4nccc34)n2)cc1. The predicted molar refractivity (Wildman–Crippen MR) is 83.1 cm³/mol. The Morgan fingerprint density at radius 2 is 1.88 bits per heavy atom. The normalized spacial score (nSPS) is 11.9. The first kappa shape index (κ1) is 14.5. The minimum atomic E-state index is -3.74. The summed E-state index contributed by atoms with van der Waals surface area (Å²) in [5, 5.41) is 13.1. The first-order valence-corrected chi connectivity index (χ1v) is 8.33. The predicted octanol–water partition coefficient (Wildman–Crippen LogP) is 1.09. The van der Waals surface area contributed by atoms with E-state index in [2.05, 4.69) is 20.2 Å². The minimum absolute atomic E-state index is 0.0145. The number of aromatic nitrogens is 5. The fraction of sp³-hybridized carbons (Fsp3) is 0. The number of nitrogens with zero attached hydrogens (tertiary/aromatic N) is 5. The molecule has 10 heteroatoms. The molecule has 0 unspecified atom stereocenters. The van der Waals surface area contributed by atoms with Crippen molar-refractivity contribution >= 4 is 15.5 Å². The summed E-state index contributed by atoms with van der Waals surface area (Å²) in [6.07, 6.45) is 4.94.